The van der Waals surface area contributed by atoms with E-state index in [-0.39, 0.29) is 23.4 Å². The summed E-state index contributed by atoms with van der Waals surface area (Å²) in [5.74, 6) is -0.277. The van der Waals surface area contributed by atoms with Gasteiger partial charge in [-0.25, -0.2) is 4.98 Å². The first-order chi connectivity index (χ1) is 12.5. The summed E-state index contributed by atoms with van der Waals surface area (Å²) >= 11 is 1.20. The minimum Gasteiger partial charge on any atom is -0.325 e. The lowest BCUT2D eigenvalue weighted by molar-refractivity contribution is -0.113. The zero-order valence-corrected chi connectivity index (χ0v) is 15.2. The number of thioether (sulfide) groups is 1. The second-order valence-electron chi connectivity index (χ2n) is 5.71. The molecule has 0 aliphatic rings. The Hall–Kier alpha value is -2.93. The average molecular weight is 367 g/mol. The molecule has 0 aliphatic heterocycles. The summed E-state index contributed by atoms with van der Waals surface area (Å²) < 4.78 is 1.51. The van der Waals surface area contributed by atoms with Crippen LogP contribution in [-0.2, 0) is 4.79 Å². The molecule has 3 rings (SSSR count). The van der Waals surface area contributed by atoms with Gasteiger partial charge in [0.15, 0.2) is 10.9 Å². The predicted molar refractivity (Wildman–Crippen MR) is 102 cm³/mol. The minimum atomic E-state index is -0.215. The van der Waals surface area contributed by atoms with Crippen molar-refractivity contribution >= 4 is 46.1 Å². The molecule has 0 unspecified atom stereocenters. The SMILES string of the molecule is CC(=O)c1ccc(NC(=O)CSc2nc3ccccc3n2C(C)=O)cc1. The molecule has 0 atom stereocenters. The van der Waals surface area contributed by atoms with Crippen LogP contribution in [0, 0.1) is 0 Å². The molecule has 6 nitrogen and oxygen atoms in total. The second-order valence-corrected chi connectivity index (χ2v) is 6.65. The summed E-state index contributed by atoms with van der Waals surface area (Å²) in [6.07, 6.45) is 0. The van der Waals surface area contributed by atoms with Gasteiger partial charge in [-0.1, -0.05) is 23.9 Å². The van der Waals surface area contributed by atoms with Gasteiger partial charge in [0.1, 0.15) is 0 Å². The average Bonchev–Trinajstić information content (AvgIpc) is 2.99. The molecule has 0 fully saturated rings. The van der Waals surface area contributed by atoms with E-state index in [2.05, 4.69) is 10.3 Å². The van der Waals surface area contributed by atoms with E-state index in [9.17, 15) is 14.4 Å². The molecule has 1 aromatic heterocycles. The molecule has 1 heterocycles. The Balaban J connectivity index is 1.69. The maximum atomic E-state index is 12.2. The standard InChI is InChI=1S/C19H17N3O3S/c1-12(23)14-7-9-15(10-8-14)20-18(25)11-26-19-21-16-5-3-4-6-17(16)22(19)13(2)24/h3-10H,11H2,1-2H3,(H,20,25). The number of carbonyl (C=O) groups is 3. The van der Waals surface area contributed by atoms with Gasteiger partial charge in [-0.3, -0.25) is 19.0 Å². The van der Waals surface area contributed by atoms with E-state index in [0.29, 0.717) is 21.9 Å². The van der Waals surface area contributed by atoms with Crippen LogP contribution < -0.4 is 5.32 Å². The number of imidazole rings is 1. The normalized spacial score (nSPS) is 10.7. The van der Waals surface area contributed by atoms with Gasteiger partial charge in [-0.2, -0.15) is 0 Å². The van der Waals surface area contributed by atoms with Crippen molar-refractivity contribution in [3.8, 4) is 0 Å². The zero-order valence-electron chi connectivity index (χ0n) is 14.4. The number of nitrogens with zero attached hydrogens (tertiary/aromatic N) is 2. The Morgan fingerprint density at radius 1 is 1.04 bits per heavy atom. The van der Waals surface area contributed by atoms with Crippen LogP contribution in [0.2, 0.25) is 0 Å². The Morgan fingerprint density at radius 2 is 1.73 bits per heavy atom. The third-order valence-electron chi connectivity index (χ3n) is 3.75. The number of ketones is 1. The number of para-hydroxylation sites is 2. The largest absolute Gasteiger partial charge is 0.325 e. The molecule has 0 aliphatic carbocycles. The number of nitrogens with one attached hydrogen (secondary N) is 1. The van der Waals surface area contributed by atoms with Gasteiger partial charge >= 0.3 is 0 Å². The van der Waals surface area contributed by atoms with E-state index in [1.807, 2.05) is 24.3 Å². The van der Waals surface area contributed by atoms with Gasteiger partial charge in [0.2, 0.25) is 11.8 Å². The number of hydrogen-bond acceptors (Lipinski definition) is 5. The van der Waals surface area contributed by atoms with Gasteiger partial charge < -0.3 is 5.32 Å². The van der Waals surface area contributed by atoms with E-state index in [1.54, 1.807) is 24.3 Å². The van der Waals surface area contributed by atoms with Crippen LogP contribution in [0.5, 0.6) is 0 Å². The Bertz CT molecular complexity index is 993. The number of benzene rings is 2. The van der Waals surface area contributed by atoms with E-state index in [4.69, 9.17) is 0 Å². The van der Waals surface area contributed by atoms with Crippen LogP contribution in [-0.4, -0.2) is 32.9 Å². The fourth-order valence-electron chi connectivity index (χ4n) is 2.52. The number of rotatable bonds is 5. The van der Waals surface area contributed by atoms with Crippen molar-refractivity contribution in [1.82, 2.24) is 9.55 Å². The highest BCUT2D eigenvalue weighted by Gasteiger charge is 2.15. The lowest BCUT2D eigenvalue weighted by Gasteiger charge is -2.06. The minimum absolute atomic E-state index is 0.0263. The fraction of sp³-hybridized carbons (Fsp3) is 0.158. The van der Waals surface area contributed by atoms with Crippen molar-refractivity contribution in [2.45, 2.75) is 19.0 Å². The molecule has 7 heteroatoms. The van der Waals surface area contributed by atoms with Gasteiger partial charge in [0.25, 0.3) is 0 Å². The fourth-order valence-corrected chi connectivity index (χ4v) is 3.37. The summed E-state index contributed by atoms with van der Waals surface area (Å²) in [6.45, 7) is 2.96. The number of hydrogen-bond donors (Lipinski definition) is 1. The third-order valence-corrected chi connectivity index (χ3v) is 4.69. The molecule has 132 valence electrons. The Kier molecular flexibility index (Phi) is 5.18. The zero-order chi connectivity index (χ0) is 18.7. The Labute approximate surface area is 154 Å². The molecule has 0 spiro atoms. The van der Waals surface area contributed by atoms with E-state index in [0.717, 1.165) is 5.52 Å². The van der Waals surface area contributed by atoms with Crippen LogP contribution in [0.25, 0.3) is 11.0 Å². The monoisotopic (exact) mass is 367 g/mol. The number of fused-ring (bicyclic) bond motifs is 1. The number of carbonyl (C=O) groups excluding carboxylic acids is 3. The van der Waals surface area contributed by atoms with E-state index < -0.39 is 0 Å². The molecule has 0 bridgehead atoms. The van der Waals surface area contributed by atoms with Gasteiger partial charge in [-0.15, -0.1) is 0 Å². The number of aromatic nitrogens is 2. The van der Waals surface area contributed by atoms with Gasteiger partial charge in [0.05, 0.1) is 16.8 Å². The molecular weight excluding hydrogens is 350 g/mol. The van der Waals surface area contributed by atoms with Crippen LogP contribution in [0.3, 0.4) is 0 Å². The summed E-state index contributed by atoms with van der Waals surface area (Å²) in [5, 5.41) is 3.25. The maximum absolute atomic E-state index is 12.2. The van der Waals surface area contributed by atoms with Crippen LogP contribution in [0.15, 0.2) is 53.7 Å². The summed E-state index contributed by atoms with van der Waals surface area (Å²) in [4.78, 5) is 39.8. The molecule has 0 radical (unpaired) electrons. The number of Topliss-reactive ketones (excluding diaryl/α,β-unsaturated/α-hetero) is 1. The Morgan fingerprint density at radius 3 is 2.38 bits per heavy atom. The quantitative estimate of drug-likeness (QED) is 0.550. The molecule has 26 heavy (non-hydrogen) atoms. The third kappa shape index (κ3) is 3.83. The smallest absolute Gasteiger partial charge is 0.234 e. The van der Waals surface area contributed by atoms with Crippen molar-refractivity contribution < 1.29 is 14.4 Å². The summed E-state index contributed by atoms with van der Waals surface area (Å²) in [6, 6.07) is 14.1. The van der Waals surface area contributed by atoms with Gasteiger partial charge in [-0.05, 0) is 43.3 Å². The predicted octanol–water partition coefficient (Wildman–Crippen LogP) is 3.63. The first kappa shape index (κ1) is 17.9. The van der Waals surface area contributed by atoms with Crippen LogP contribution in [0.1, 0.15) is 29.0 Å². The van der Waals surface area contributed by atoms with E-state index >= 15 is 0 Å². The molecule has 2 aromatic carbocycles. The lowest BCUT2D eigenvalue weighted by atomic mass is 10.1. The molecule has 1 N–H and O–H groups in total. The number of anilines is 1. The van der Waals surface area contributed by atoms with Crippen molar-refractivity contribution in [3.05, 3.63) is 54.1 Å². The molecule has 1 amide bonds. The lowest BCUT2D eigenvalue weighted by Crippen LogP contribution is -2.15. The maximum Gasteiger partial charge on any atom is 0.234 e. The summed E-state index contributed by atoms with van der Waals surface area (Å²) in [7, 11) is 0. The highest BCUT2D eigenvalue weighted by Crippen LogP contribution is 2.24. The molecule has 0 saturated heterocycles. The van der Waals surface area contributed by atoms with Gasteiger partial charge in [0, 0.05) is 18.2 Å². The van der Waals surface area contributed by atoms with Crippen LogP contribution >= 0.6 is 11.8 Å². The first-order valence-electron chi connectivity index (χ1n) is 7.98. The topological polar surface area (TPSA) is 81.1 Å². The molecule has 3 aromatic rings. The highest BCUT2D eigenvalue weighted by molar-refractivity contribution is 7.99. The van der Waals surface area contributed by atoms with Crippen LogP contribution in [0.4, 0.5) is 5.69 Å². The molecular formula is C19H17N3O3S. The number of amides is 1. The summed E-state index contributed by atoms with van der Waals surface area (Å²) in [5.41, 5.74) is 2.64. The first-order valence-corrected chi connectivity index (χ1v) is 8.96. The van der Waals surface area contributed by atoms with Crippen molar-refractivity contribution in [2.24, 2.45) is 0 Å². The van der Waals surface area contributed by atoms with Crippen molar-refractivity contribution in [1.29, 1.82) is 0 Å². The van der Waals surface area contributed by atoms with E-state index in [1.165, 1.54) is 30.2 Å². The molecule has 0 saturated carbocycles. The highest BCUT2D eigenvalue weighted by atomic mass is 32.2. The van der Waals surface area contributed by atoms with Crippen molar-refractivity contribution in [3.63, 3.8) is 0 Å². The second kappa shape index (κ2) is 7.53. The van der Waals surface area contributed by atoms with Crippen molar-refractivity contribution in [2.75, 3.05) is 11.1 Å².